The van der Waals surface area contributed by atoms with Crippen molar-refractivity contribution in [1.29, 1.82) is 0 Å². The van der Waals surface area contributed by atoms with Gasteiger partial charge in [-0.15, -0.1) is 0 Å². The monoisotopic (exact) mass is 115 g/mol. The van der Waals surface area contributed by atoms with E-state index < -0.39 is 5.60 Å². The van der Waals surface area contributed by atoms with Crippen molar-refractivity contribution in [3.05, 3.63) is 0 Å². The van der Waals surface area contributed by atoms with Gasteiger partial charge in [0.2, 0.25) is 0 Å². The number of rotatable bonds is 1. The molecular formula is C6H13NO. The average Bonchev–Trinajstić information content (AvgIpc) is 1.63. The van der Waals surface area contributed by atoms with E-state index in [-0.39, 0.29) is 0 Å². The summed E-state index contributed by atoms with van der Waals surface area (Å²) >= 11 is 0. The Kier molecular flexibility index (Phi) is 1.29. The van der Waals surface area contributed by atoms with E-state index in [9.17, 15) is 5.11 Å². The number of nitrogens with two attached hydrogens (primary N) is 1. The highest BCUT2D eigenvalue weighted by Gasteiger charge is 2.38. The highest BCUT2D eigenvalue weighted by atomic mass is 16.3. The molecule has 1 aliphatic rings. The summed E-state index contributed by atoms with van der Waals surface area (Å²) in [5.74, 6) is 0.684. The summed E-state index contributed by atoms with van der Waals surface area (Å²) in [6.45, 7) is 2.56. The summed E-state index contributed by atoms with van der Waals surface area (Å²) in [5, 5.41) is 9.26. The minimum Gasteiger partial charge on any atom is -0.389 e. The van der Waals surface area contributed by atoms with Crippen molar-refractivity contribution in [2.24, 2.45) is 11.7 Å². The summed E-state index contributed by atoms with van der Waals surface area (Å²) in [6.07, 6.45) is 1.78. The third kappa shape index (κ3) is 0.858. The van der Waals surface area contributed by atoms with Crippen LogP contribution in [0.1, 0.15) is 19.8 Å². The SMILES string of the molecule is C[C@H]1C[C@@](O)(CN)C1. The van der Waals surface area contributed by atoms with Crippen LogP contribution in [0.25, 0.3) is 0 Å². The lowest BCUT2D eigenvalue weighted by Crippen LogP contribution is -2.48. The topological polar surface area (TPSA) is 46.2 Å². The Balaban J connectivity index is 2.30. The van der Waals surface area contributed by atoms with Gasteiger partial charge in [0.25, 0.3) is 0 Å². The molecule has 48 valence electrons. The van der Waals surface area contributed by atoms with Gasteiger partial charge in [-0.1, -0.05) is 6.92 Å². The predicted octanol–water partition coefficient (Wildman–Crippen LogP) is 0.106. The van der Waals surface area contributed by atoms with Crippen molar-refractivity contribution in [2.45, 2.75) is 25.4 Å². The zero-order valence-electron chi connectivity index (χ0n) is 5.22. The molecule has 0 radical (unpaired) electrons. The van der Waals surface area contributed by atoms with Crippen molar-refractivity contribution < 1.29 is 5.11 Å². The first-order valence-electron chi connectivity index (χ1n) is 3.09. The van der Waals surface area contributed by atoms with Crippen molar-refractivity contribution >= 4 is 0 Å². The Bertz CT molecular complexity index is 86.5. The molecule has 0 saturated heterocycles. The van der Waals surface area contributed by atoms with Crippen molar-refractivity contribution in [3.8, 4) is 0 Å². The average molecular weight is 115 g/mol. The van der Waals surface area contributed by atoms with Crippen molar-refractivity contribution in [1.82, 2.24) is 0 Å². The molecule has 0 spiro atoms. The predicted molar refractivity (Wildman–Crippen MR) is 32.4 cm³/mol. The van der Waals surface area contributed by atoms with Crippen molar-refractivity contribution in [2.75, 3.05) is 6.54 Å². The standard InChI is InChI=1S/C6H13NO/c1-5-2-6(8,3-5)4-7/h5,8H,2-4,7H2,1H3/t5-,6-. The lowest BCUT2D eigenvalue weighted by atomic mass is 9.72. The molecule has 8 heavy (non-hydrogen) atoms. The van der Waals surface area contributed by atoms with E-state index in [2.05, 4.69) is 6.92 Å². The Hall–Kier alpha value is -0.0800. The molecule has 1 saturated carbocycles. The van der Waals surface area contributed by atoms with Gasteiger partial charge in [0.05, 0.1) is 5.60 Å². The number of aliphatic hydroxyl groups is 1. The molecule has 1 rings (SSSR count). The van der Waals surface area contributed by atoms with Gasteiger partial charge in [-0.3, -0.25) is 0 Å². The smallest absolute Gasteiger partial charge is 0.0774 e. The molecular weight excluding hydrogens is 102 g/mol. The molecule has 0 heterocycles. The third-order valence-electron chi connectivity index (χ3n) is 1.84. The molecule has 0 aromatic rings. The molecule has 0 aromatic carbocycles. The van der Waals surface area contributed by atoms with Gasteiger partial charge in [0, 0.05) is 6.54 Å². The van der Waals surface area contributed by atoms with E-state index in [0.29, 0.717) is 12.5 Å². The van der Waals surface area contributed by atoms with Crippen LogP contribution in [0.15, 0.2) is 0 Å². The first kappa shape index (κ1) is 6.05. The Morgan fingerprint density at radius 3 is 2.38 bits per heavy atom. The maximum atomic E-state index is 9.26. The van der Waals surface area contributed by atoms with E-state index in [1.165, 1.54) is 0 Å². The Morgan fingerprint density at radius 1 is 1.75 bits per heavy atom. The second kappa shape index (κ2) is 1.71. The lowest BCUT2D eigenvalue weighted by molar-refractivity contribution is -0.0588. The van der Waals surface area contributed by atoms with Crippen LogP contribution in [0.3, 0.4) is 0 Å². The van der Waals surface area contributed by atoms with Crippen LogP contribution < -0.4 is 5.73 Å². The maximum absolute atomic E-state index is 9.26. The lowest BCUT2D eigenvalue weighted by Gasteiger charge is -2.40. The molecule has 0 amide bonds. The zero-order valence-corrected chi connectivity index (χ0v) is 5.22. The molecule has 0 unspecified atom stereocenters. The van der Waals surface area contributed by atoms with E-state index in [0.717, 1.165) is 12.8 Å². The van der Waals surface area contributed by atoms with Gasteiger partial charge >= 0.3 is 0 Å². The van der Waals surface area contributed by atoms with Gasteiger partial charge in [0.1, 0.15) is 0 Å². The van der Waals surface area contributed by atoms with Crippen LogP contribution >= 0.6 is 0 Å². The molecule has 1 fully saturated rings. The molecule has 3 N–H and O–H groups in total. The van der Waals surface area contributed by atoms with Gasteiger partial charge in [-0.05, 0) is 18.8 Å². The van der Waals surface area contributed by atoms with E-state index >= 15 is 0 Å². The van der Waals surface area contributed by atoms with Crippen LogP contribution in [-0.4, -0.2) is 17.3 Å². The van der Waals surface area contributed by atoms with Gasteiger partial charge in [-0.25, -0.2) is 0 Å². The normalized spacial score (nSPS) is 46.1. The van der Waals surface area contributed by atoms with Crippen molar-refractivity contribution in [3.63, 3.8) is 0 Å². The van der Waals surface area contributed by atoms with Crippen LogP contribution in [-0.2, 0) is 0 Å². The third-order valence-corrected chi connectivity index (χ3v) is 1.84. The van der Waals surface area contributed by atoms with Crippen LogP contribution in [0.2, 0.25) is 0 Å². The zero-order chi connectivity index (χ0) is 6.20. The highest BCUT2D eigenvalue weighted by Crippen LogP contribution is 2.35. The summed E-state index contributed by atoms with van der Waals surface area (Å²) in [4.78, 5) is 0. The Labute approximate surface area is 49.7 Å². The van der Waals surface area contributed by atoms with Crippen LogP contribution in [0.5, 0.6) is 0 Å². The van der Waals surface area contributed by atoms with E-state index in [1.54, 1.807) is 0 Å². The second-order valence-electron chi connectivity index (χ2n) is 2.94. The highest BCUT2D eigenvalue weighted by molar-refractivity contribution is 4.92. The van der Waals surface area contributed by atoms with E-state index in [4.69, 9.17) is 5.73 Å². The number of hydrogen-bond acceptors (Lipinski definition) is 2. The molecule has 1 aliphatic carbocycles. The maximum Gasteiger partial charge on any atom is 0.0774 e. The fourth-order valence-electron chi connectivity index (χ4n) is 1.40. The molecule has 2 nitrogen and oxygen atoms in total. The number of hydrogen-bond donors (Lipinski definition) is 2. The summed E-state index contributed by atoms with van der Waals surface area (Å²) in [6, 6.07) is 0. The molecule has 0 bridgehead atoms. The van der Waals surface area contributed by atoms with Gasteiger partial charge in [0.15, 0.2) is 0 Å². The van der Waals surface area contributed by atoms with Crippen LogP contribution in [0.4, 0.5) is 0 Å². The first-order valence-corrected chi connectivity index (χ1v) is 3.09. The summed E-state index contributed by atoms with van der Waals surface area (Å²) in [7, 11) is 0. The second-order valence-corrected chi connectivity index (χ2v) is 2.94. The fraction of sp³-hybridized carbons (Fsp3) is 1.00. The largest absolute Gasteiger partial charge is 0.389 e. The fourth-order valence-corrected chi connectivity index (χ4v) is 1.40. The first-order chi connectivity index (χ1) is 3.66. The molecule has 2 heteroatoms. The summed E-state index contributed by atoms with van der Waals surface area (Å²) in [5.41, 5.74) is 4.79. The Morgan fingerprint density at radius 2 is 2.25 bits per heavy atom. The molecule has 0 aromatic heterocycles. The quantitative estimate of drug-likeness (QED) is 0.509. The van der Waals surface area contributed by atoms with E-state index in [1.807, 2.05) is 0 Å². The van der Waals surface area contributed by atoms with Gasteiger partial charge in [-0.2, -0.15) is 0 Å². The minimum absolute atomic E-state index is 0.428. The molecule has 0 atom stereocenters. The minimum atomic E-state index is -0.487. The summed E-state index contributed by atoms with van der Waals surface area (Å²) < 4.78 is 0. The van der Waals surface area contributed by atoms with Crippen LogP contribution in [0, 0.1) is 5.92 Å². The molecule has 0 aliphatic heterocycles. The van der Waals surface area contributed by atoms with Gasteiger partial charge < -0.3 is 10.8 Å².